The second-order valence-corrected chi connectivity index (χ2v) is 6.65. The molecular weight excluding hydrogens is 376 g/mol. The summed E-state index contributed by atoms with van der Waals surface area (Å²) in [6, 6.07) is 12.4. The van der Waals surface area contributed by atoms with Crippen LogP contribution in [-0.2, 0) is 0 Å². The summed E-state index contributed by atoms with van der Waals surface area (Å²) in [7, 11) is 0. The molecule has 0 radical (unpaired) electrons. The minimum absolute atomic E-state index is 0.191. The number of hydrogen-bond acceptors (Lipinski definition) is 5. The summed E-state index contributed by atoms with van der Waals surface area (Å²) in [5, 5.41) is 2.58. The van der Waals surface area contributed by atoms with Crippen molar-refractivity contribution in [2.45, 2.75) is 0 Å². The number of rotatable bonds is 4. The van der Waals surface area contributed by atoms with Gasteiger partial charge in [-0.25, -0.2) is 18.7 Å². The Kier molecular flexibility index (Phi) is 5.33. The van der Waals surface area contributed by atoms with Gasteiger partial charge in [-0.15, -0.1) is 0 Å². The molecule has 1 aliphatic rings. The second kappa shape index (κ2) is 8.22. The highest BCUT2D eigenvalue weighted by Gasteiger charge is 2.20. The molecule has 8 heteroatoms. The van der Waals surface area contributed by atoms with E-state index in [0.717, 1.165) is 44.1 Å². The van der Waals surface area contributed by atoms with Gasteiger partial charge in [0.05, 0.1) is 0 Å². The van der Waals surface area contributed by atoms with Gasteiger partial charge < -0.3 is 15.1 Å². The molecule has 3 aromatic rings. The van der Waals surface area contributed by atoms with E-state index in [9.17, 15) is 13.6 Å². The maximum atomic E-state index is 13.3. The standard InChI is InChI=1S/C21H19F2N5O/c22-17-5-4-16(14-18(17)23)26-21(29)15-6-8-25-20(13-15)28-11-9-27(10-12-28)19-3-1-2-7-24-19/h1-8,13-14H,9-12H2,(H,26,29). The molecule has 0 spiro atoms. The Labute approximate surface area is 166 Å². The first-order valence-electron chi connectivity index (χ1n) is 9.23. The summed E-state index contributed by atoms with van der Waals surface area (Å²) in [5.41, 5.74) is 0.586. The number of piperazine rings is 1. The molecule has 1 N–H and O–H groups in total. The van der Waals surface area contributed by atoms with Crippen LogP contribution in [0.1, 0.15) is 10.4 Å². The van der Waals surface area contributed by atoms with Crippen molar-refractivity contribution in [3.8, 4) is 0 Å². The topological polar surface area (TPSA) is 61.4 Å². The van der Waals surface area contributed by atoms with Crippen LogP contribution in [0.3, 0.4) is 0 Å². The van der Waals surface area contributed by atoms with Crippen molar-refractivity contribution < 1.29 is 13.6 Å². The van der Waals surface area contributed by atoms with E-state index in [-0.39, 0.29) is 5.69 Å². The molecule has 1 aromatic carbocycles. The van der Waals surface area contributed by atoms with E-state index in [1.54, 1.807) is 24.5 Å². The Bertz CT molecular complexity index is 1010. The van der Waals surface area contributed by atoms with Crippen LogP contribution in [0.15, 0.2) is 60.9 Å². The van der Waals surface area contributed by atoms with Crippen molar-refractivity contribution >= 4 is 23.2 Å². The zero-order chi connectivity index (χ0) is 20.2. The van der Waals surface area contributed by atoms with Crippen molar-refractivity contribution in [2.24, 2.45) is 0 Å². The van der Waals surface area contributed by atoms with Gasteiger partial charge in [0.2, 0.25) is 0 Å². The van der Waals surface area contributed by atoms with Crippen LogP contribution in [0.25, 0.3) is 0 Å². The Morgan fingerprint density at radius 1 is 0.828 bits per heavy atom. The van der Waals surface area contributed by atoms with Crippen molar-refractivity contribution in [1.29, 1.82) is 0 Å². The molecule has 4 rings (SSSR count). The zero-order valence-electron chi connectivity index (χ0n) is 15.6. The van der Waals surface area contributed by atoms with Gasteiger partial charge in [-0.3, -0.25) is 4.79 Å². The molecule has 6 nitrogen and oxygen atoms in total. The van der Waals surface area contributed by atoms with E-state index in [0.29, 0.717) is 11.4 Å². The minimum Gasteiger partial charge on any atom is -0.353 e. The number of nitrogens with zero attached hydrogens (tertiary/aromatic N) is 4. The fourth-order valence-electron chi connectivity index (χ4n) is 3.22. The van der Waals surface area contributed by atoms with Crippen molar-refractivity contribution in [3.05, 3.63) is 78.1 Å². The van der Waals surface area contributed by atoms with Crippen molar-refractivity contribution in [1.82, 2.24) is 9.97 Å². The highest BCUT2D eigenvalue weighted by atomic mass is 19.2. The first-order valence-corrected chi connectivity index (χ1v) is 9.23. The van der Waals surface area contributed by atoms with E-state index in [1.165, 1.54) is 6.07 Å². The zero-order valence-corrected chi connectivity index (χ0v) is 15.6. The molecule has 1 aliphatic heterocycles. The predicted octanol–water partition coefficient (Wildman–Crippen LogP) is 3.33. The minimum atomic E-state index is -1.01. The summed E-state index contributed by atoms with van der Waals surface area (Å²) in [5.74, 6) is -0.738. The number of amides is 1. The third-order valence-electron chi connectivity index (χ3n) is 4.76. The molecule has 29 heavy (non-hydrogen) atoms. The molecule has 3 heterocycles. The van der Waals surface area contributed by atoms with Gasteiger partial charge in [0, 0.05) is 55.9 Å². The Morgan fingerprint density at radius 3 is 2.24 bits per heavy atom. The van der Waals surface area contributed by atoms with Crippen molar-refractivity contribution in [3.63, 3.8) is 0 Å². The third kappa shape index (κ3) is 4.31. The lowest BCUT2D eigenvalue weighted by Gasteiger charge is -2.36. The first-order chi connectivity index (χ1) is 14.1. The molecule has 0 saturated carbocycles. The highest BCUT2D eigenvalue weighted by Crippen LogP contribution is 2.19. The van der Waals surface area contributed by atoms with Crippen LogP contribution in [0.4, 0.5) is 26.1 Å². The Hall–Kier alpha value is -3.55. The molecule has 0 unspecified atom stereocenters. The van der Waals surface area contributed by atoms with Crippen LogP contribution >= 0.6 is 0 Å². The molecule has 0 bridgehead atoms. The largest absolute Gasteiger partial charge is 0.353 e. The summed E-state index contributed by atoms with van der Waals surface area (Å²) in [4.78, 5) is 25.6. The molecule has 0 atom stereocenters. The number of carbonyl (C=O) groups excluding carboxylic acids is 1. The average Bonchev–Trinajstić information content (AvgIpc) is 2.77. The summed E-state index contributed by atoms with van der Waals surface area (Å²) >= 11 is 0. The maximum absolute atomic E-state index is 13.3. The number of aromatic nitrogens is 2. The third-order valence-corrected chi connectivity index (χ3v) is 4.76. The smallest absolute Gasteiger partial charge is 0.255 e. The van der Waals surface area contributed by atoms with Crippen LogP contribution in [0.5, 0.6) is 0 Å². The van der Waals surface area contributed by atoms with E-state index in [1.807, 2.05) is 18.2 Å². The number of hydrogen-bond donors (Lipinski definition) is 1. The van der Waals surface area contributed by atoms with Crippen LogP contribution in [-0.4, -0.2) is 42.1 Å². The van der Waals surface area contributed by atoms with E-state index in [4.69, 9.17) is 0 Å². The number of benzene rings is 1. The lowest BCUT2D eigenvalue weighted by atomic mass is 10.2. The summed E-state index contributed by atoms with van der Waals surface area (Å²) in [6.07, 6.45) is 3.35. The quantitative estimate of drug-likeness (QED) is 0.734. The van der Waals surface area contributed by atoms with Gasteiger partial charge in [-0.1, -0.05) is 6.07 Å². The predicted molar refractivity (Wildman–Crippen MR) is 107 cm³/mol. The first kappa shape index (κ1) is 18.8. The average molecular weight is 395 g/mol. The maximum Gasteiger partial charge on any atom is 0.255 e. The normalized spacial score (nSPS) is 14.0. The van der Waals surface area contributed by atoms with Gasteiger partial charge >= 0.3 is 0 Å². The molecule has 0 aliphatic carbocycles. The molecule has 1 saturated heterocycles. The number of halogens is 2. The van der Waals surface area contributed by atoms with Crippen LogP contribution in [0.2, 0.25) is 0 Å². The van der Waals surface area contributed by atoms with Gasteiger partial charge in [-0.05, 0) is 36.4 Å². The fourth-order valence-corrected chi connectivity index (χ4v) is 3.22. The van der Waals surface area contributed by atoms with Crippen molar-refractivity contribution in [2.75, 3.05) is 41.3 Å². The molecule has 1 fully saturated rings. The van der Waals surface area contributed by atoms with Gasteiger partial charge in [0.15, 0.2) is 11.6 Å². The van der Waals surface area contributed by atoms with E-state index >= 15 is 0 Å². The SMILES string of the molecule is O=C(Nc1ccc(F)c(F)c1)c1ccnc(N2CCN(c3ccccn3)CC2)c1. The summed E-state index contributed by atoms with van der Waals surface area (Å²) < 4.78 is 26.4. The Balaban J connectivity index is 1.42. The van der Waals surface area contributed by atoms with E-state index in [2.05, 4.69) is 25.1 Å². The monoisotopic (exact) mass is 395 g/mol. The van der Waals surface area contributed by atoms with E-state index < -0.39 is 17.5 Å². The highest BCUT2D eigenvalue weighted by molar-refractivity contribution is 6.04. The Morgan fingerprint density at radius 2 is 1.55 bits per heavy atom. The van der Waals surface area contributed by atoms with Crippen LogP contribution in [0, 0.1) is 11.6 Å². The number of pyridine rings is 2. The molecule has 1 amide bonds. The lowest BCUT2D eigenvalue weighted by Crippen LogP contribution is -2.47. The van der Waals surface area contributed by atoms with Gasteiger partial charge in [-0.2, -0.15) is 0 Å². The molecular formula is C21H19F2N5O. The number of carbonyl (C=O) groups is 1. The number of nitrogens with one attached hydrogen (secondary N) is 1. The van der Waals surface area contributed by atoms with Gasteiger partial charge in [0.25, 0.3) is 5.91 Å². The number of anilines is 3. The summed E-state index contributed by atoms with van der Waals surface area (Å²) in [6.45, 7) is 3.09. The molecule has 148 valence electrons. The fraction of sp³-hybridized carbons (Fsp3) is 0.190. The van der Waals surface area contributed by atoms with Crippen LogP contribution < -0.4 is 15.1 Å². The lowest BCUT2D eigenvalue weighted by molar-refractivity contribution is 0.102. The van der Waals surface area contributed by atoms with Gasteiger partial charge in [0.1, 0.15) is 11.6 Å². The second-order valence-electron chi connectivity index (χ2n) is 6.65. The molecule has 2 aromatic heterocycles.